The lowest BCUT2D eigenvalue weighted by Crippen LogP contribution is -2.42. The molecule has 0 aliphatic carbocycles. The molecule has 4 amide bonds. The van der Waals surface area contributed by atoms with E-state index >= 15 is 0 Å². The van der Waals surface area contributed by atoms with Gasteiger partial charge in [-0.25, -0.2) is 9.18 Å². The van der Waals surface area contributed by atoms with Crippen LogP contribution >= 0.6 is 0 Å². The van der Waals surface area contributed by atoms with Gasteiger partial charge in [0.1, 0.15) is 24.7 Å². The van der Waals surface area contributed by atoms with Crippen molar-refractivity contribution < 1.29 is 37.8 Å². The van der Waals surface area contributed by atoms with Gasteiger partial charge >= 0.3 is 6.09 Å². The van der Waals surface area contributed by atoms with Crippen LogP contribution < -0.4 is 20.1 Å². The maximum absolute atomic E-state index is 14.7. The smallest absolute Gasteiger partial charge is 0.410 e. The fourth-order valence-corrected chi connectivity index (χ4v) is 4.29. The third-order valence-corrected chi connectivity index (χ3v) is 6.43. The third-order valence-electron chi connectivity index (χ3n) is 6.43. The fraction of sp³-hybridized carbons (Fsp3) is 0.407. The summed E-state index contributed by atoms with van der Waals surface area (Å²) in [6, 6.07) is 8.98. The van der Waals surface area contributed by atoms with E-state index in [0.717, 1.165) is 0 Å². The zero-order chi connectivity index (χ0) is 27.8. The first kappa shape index (κ1) is 27.7. The Hall–Kier alpha value is -4.35. The summed E-state index contributed by atoms with van der Waals surface area (Å²) >= 11 is 0. The summed E-state index contributed by atoms with van der Waals surface area (Å²) in [6.45, 7) is 1.22. The quantitative estimate of drug-likeness (QED) is 0.610. The summed E-state index contributed by atoms with van der Waals surface area (Å²) in [5, 5.41) is 5.54. The second-order valence-corrected chi connectivity index (χ2v) is 9.09. The van der Waals surface area contributed by atoms with E-state index in [0.29, 0.717) is 38.0 Å². The van der Waals surface area contributed by atoms with Crippen molar-refractivity contribution >= 4 is 23.8 Å². The highest BCUT2D eigenvalue weighted by atomic mass is 19.1. The van der Waals surface area contributed by atoms with Crippen molar-refractivity contribution in [1.82, 2.24) is 20.4 Å². The van der Waals surface area contributed by atoms with Gasteiger partial charge in [0.05, 0.1) is 13.7 Å². The highest BCUT2D eigenvalue weighted by Crippen LogP contribution is 2.34. The van der Waals surface area contributed by atoms with Gasteiger partial charge in [-0.3, -0.25) is 19.3 Å². The molecule has 1 fully saturated rings. The number of methoxy groups -OCH3 is 1. The van der Waals surface area contributed by atoms with Gasteiger partial charge in [-0.05, 0) is 43.2 Å². The van der Waals surface area contributed by atoms with Crippen molar-refractivity contribution in [2.24, 2.45) is 0 Å². The molecule has 2 bridgehead atoms. The lowest BCUT2D eigenvalue weighted by molar-refractivity contribution is -0.132. The summed E-state index contributed by atoms with van der Waals surface area (Å²) in [6.07, 6.45) is 0.383. The molecule has 12 heteroatoms. The second-order valence-electron chi connectivity index (χ2n) is 9.09. The first-order valence-corrected chi connectivity index (χ1v) is 12.7. The number of hydrogen-bond acceptors (Lipinski definition) is 7. The van der Waals surface area contributed by atoms with Crippen LogP contribution in [0.4, 0.5) is 9.18 Å². The number of ether oxygens (including phenoxy) is 3. The minimum atomic E-state index is -0.550. The maximum Gasteiger partial charge on any atom is 0.410 e. The number of fused-ring (bicyclic) bond motifs is 13. The van der Waals surface area contributed by atoms with E-state index in [-0.39, 0.29) is 73.2 Å². The predicted octanol–water partition coefficient (Wildman–Crippen LogP) is 2.44. The van der Waals surface area contributed by atoms with Gasteiger partial charge in [-0.1, -0.05) is 6.07 Å². The monoisotopic (exact) mass is 542 g/mol. The Morgan fingerprint density at radius 3 is 2.64 bits per heavy atom. The van der Waals surface area contributed by atoms with Crippen molar-refractivity contribution in [1.29, 1.82) is 0 Å². The molecule has 0 aromatic heterocycles. The van der Waals surface area contributed by atoms with Gasteiger partial charge in [-0.2, -0.15) is 0 Å². The number of cyclic esters (lactones) is 1. The number of nitrogens with one attached hydrogen (secondary N) is 2. The molecule has 2 aromatic rings. The Morgan fingerprint density at radius 2 is 1.87 bits per heavy atom. The highest BCUT2D eigenvalue weighted by molar-refractivity contribution is 5.94. The Labute approximate surface area is 225 Å². The van der Waals surface area contributed by atoms with Gasteiger partial charge in [0.15, 0.2) is 11.5 Å². The fourth-order valence-electron chi connectivity index (χ4n) is 4.29. The molecular formula is C27H31FN4O7. The number of hydrogen-bond donors (Lipinski definition) is 2. The zero-order valence-corrected chi connectivity index (χ0v) is 21.7. The Bertz CT molecular complexity index is 1240. The molecule has 0 atom stereocenters. The van der Waals surface area contributed by atoms with Gasteiger partial charge in [0, 0.05) is 43.7 Å². The molecule has 208 valence electrons. The summed E-state index contributed by atoms with van der Waals surface area (Å²) < 4.78 is 30.9. The molecule has 3 aliphatic rings. The first-order valence-electron chi connectivity index (χ1n) is 12.7. The average Bonchev–Trinajstić information content (AvgIpc) is 3.32. The molecule has 3 aliphatic heterocycles. The van der Waals surface area contributed by atoms with Gasteiger partial charge < -0.3 is 29.7 Å². The van der Waals surface area contributed by atoms with Crippen LogP contribution in [-0.4, -0.2) is 80.1 Å². The molecule has 0 radical (unpaired) electrons. The van der Waals surface area contributed by atoms with Crippen molar-refractivity contribution in [3.63, 3.8) is 0 Å². The maximum atomic E-state index is 14.7. The molecule has 0 spiro atoms. The Balaban J connectivity index is 1.53. The Morgan fingerprint density at radius 1 is 1.05 bits per heavy atom. The molecular weight excluding hydrogens is 511 g/mol. The number of rotatable bonds is 3. The lowest BCUT2D eigenvalue weighted by Gasteiger charge is -2.25. The van der Waals surface area contributed by atoms with Gasteiger partial charge in [0.2, 0.25) is 11.8 Å². The SMILES string of the molecule is COc1cc2ccc1Oc1cccc(F)c1CNC(=O)CCCN(C(=O)CN1CCOC1=O)CCCNC2=O. The van der Waals surface area contributed by atoms with Crippen LogP contribution in [0.15, 0.2) is 36.4 Å². The van der Waals surface area contributed by atoms with E-state index in [2.05, 4.69) is 10.6 Å². The van der Waals surface area contributed by atoms with E-state index < -0.39 is 11.9 Å². The lowest BCUT2D eigenvalue weighted by atomic mass is 10.1. The van der Waals surface area contributed by atoms with Crippen LogP contribution in [0.1, 0.15) is 35.2 Å². The summed E-state index contributed by atoms with van der Waals surface area (Å²) in [4.78, 5) is 52.9. The number of benzene rings is 2. The first-order chi connectivity index (χ1) is 18.9. The number of carbonyl (C=O) groups is 4. The minimum Gasteiger partial charge on any atom is -0.493 e. The molecule has 0 unspecified atom stereocenters. The van der Waals surface area contributed by atoms with E-state index in [9.17, 15) is 23.6 Å². The molecule has 5 rings (SSSR count). The molecule has 39 heavy (non-hydrogen) atoms. The van der Waals surface area contributed by atoms with Gasteiger partial charge in [0.25, 0.3) is 5.91 Å². The number of carbonyl (C=O) groups excluding carboxylic acids is 4. The highest BCUT2D eigenvalue weighted by Gasteiger charge is 2.26. The zero-order valence-electron chi connectivity index (χ0n) is 21.7. The second kappa shape index (κ2) is 12.9. The number of nitrogens with zero attached hydrogens (tertiary/aromatic N) is 2. The van der Waals surface area contributed by atoms with Crippen molar-refractivity contribution in [2.45, 2.75) is 25.8 Å². The van der Waals surface area contributed by atoms with Crippen LogP contribution in [0.2, 0.25) is 0 Å². The van der Waals surface area contributed by atoms with E-state index in [4.69, 9.17) is 14.2 Å². The van der Waals surface area contributed by atoms with Crippen LogP contribution in [0.5, 0.6) is 17.2 Å². The standard InChI is InChI=1S/C27H31FN4O7/c1-37-23-15-18-8-9-22(23)39-21-6-2-5-20(28)19(21)16-30-24(33)7-3-11-31(12-4-10-29-26(18)35)25(34)17-32-13-14-38-27(32)36/h2,5-6,8-9,15H,3-4,7,10-14,16-17H2,1H3,(H,29,35)(H,30,33). The topological polar surface area (TPSA) is 127 Å². The third kappa shape index (κ3) is 7.15. The molecule has 3 heterocycles. The largest absolute Gasteiger partial charge is 0.493 e. The Kier molecular flexibility index (Phi) is 9.18. The minimum absolute atomic E-state index is 0.103. The van der Waals surface area contributed by atoms with Gasteiger partial charge in [-0.15, -0.1) is 0 Å². The molecule has 2 N–H and O–H groups in total. The molecule has 1 saturated heterocycles. The molecule has 0 saturated carbocycles. The molecule has 2 aromatic carbocycles. The van der Waals surface area contributed by atoms with E-state index in [1.807, 2.05) is 0 Å². The van der Waals surface area contributed by atoms with Crippen molar-refractivity contribution in [2.75, 3.05) is 46.4 Å². The van der Waals surface area contributed by atoms with Crippen LogP contribution in [0.25, 0.3) is 0 Å². The summed E-state index contributed by atoms with van der Waals surface area (Å²) in [5.41, 5.74) is 0.492. The van der Waals surface area contributed by atoms with Crippen molar-refractivity contribution in [3.05, 3.63) is 53.3 Å². The van der Waals surface area contributed by atoms with Crippen LogP contribution in [-0.2, 0) is 20.9 Å². The summed E-state index contributed by atoms with van der Waals surface area (Å²) in [7, 11) is 1.43. The van der Waals surface area contributed by atoms with Crippen LogP contribution in [0.3, 0.4) is 0 Å². The summed E-state index contributed by atoms with van der Waals surface area (Å²) in [5.74, 6) is -0.728. The normalized spacial score (nSPS) is 17.1. The average molecular weight is 543 g/mol. The van der Waals surface area contributed by atoms with E-state index in [1.54, 1.807) is 23.1 Å². The predicted molar refractivity (Wildman–Crippen MR) is 137 cm³/mol. The molecule has 11 nitrogen and oxygen atoms in total. The van der Waals surface area contributed by atoms with Crippen molar-refractivity contribution in [3.8, 4) is 17.2 Å². The number of halogens is 1. The number of amides is 4. The van der Waals surface area contributed by atoms with E-state index in [1.165, 1.54) is 30.2 Å². The van der Waals surface area contributed by atoms with Crippen LogP contribution in [0, 0.1) is 5.82 Å².